The maximum absolute atomic E-state index is 12.4. The summed E-state index contributed by atoms with van der Waals surface area (Å²) in [5.41, 5.74) is 0.210. The zero-order valence-electron chi connectivity index (χ0n) is 14.5. The fourth-order valence-electron chi connectivity index (χ4n) is 3.65. The van der Waals surface area contributed by atoms with Gasteiger partial charge in [0, 0.05) is 6.20 Å². The molecule has 1 aliphatic carbocycles. The fourth-order valence-corrected chi connectivity index (χ4v) is 3.65. The van der Waals surface area contributed by atoms with Crippen LogP contribution in [0.3, 0.4) is 0 Å². The molecule has 1 fully saturated rings. The molecule has 130 valence electrons. The van der Waals surface area contributed by atoms with Crippen LogP contribution in [0.2, 0.25) is 0 Å². The summed E-state index contributed by atoms with van der Waals surface area (Å²) in [5, 5.41) is 4.18. The minimum atomic E-state index is -0.384. The number of pyridine rings is 1. The van der Waals surface area contributed by atoms with Gasteiger partial charge in [-0.3, -0.25) is 9.20 Å². The lowest BCUT2D eigenvalue weighted by Gasteiger charge is -2.36. The Morgan fingerprint density at radius 3 is 2.88 bits per heavy atom. The molecule has 0 N–H and O–H groups in total. The molecule has 0 amide bonds. The molecule has 0 aliphatic heterocycles. The van der Waals surface area contributed by atoms with Crippen LogP contribution in [0, 0.1) is 17.8 Å². The first kappa shape index (κ1) is 16.7. The van der Waals surface area contributed by atoms with E-state index in [4.69, 9.17) is 4.74 Å². The zero-order valence-corrected chi connectivity index (χ0v) is 14.5. The Morgan fingerprint density at radius 2 is 2.17 bits per heavy atom. The van der Waals surface area contributed by atoms with Crippen LogP contribution in [0.25, 0.3) is 5.65 Å². The first-order valence-corrected chi connectivity index (χ1v) is 8.69. The minimum absolute atomic E-state index is 0.0611. The van der Waals surface area contributed by atoms with Gasteiger partial charge in [0.2, 0.25) is 0 Å². The van der Waals surface area contributed by atoms with Crippen molar-refractivity contribution in [2.45, 2.75) is 52.7 Å². The van der Waals surface area contributed by atoms with Gasteiger partial charge in [0.05, 0.1) is 0 Å². The molecule has 1 aliphatic rings. The van der Waals surface area contributed by atoms with Crippen LogP contribution in [0.15, 0.2) is 29.2 Å². The van der Waals surface area contributed by atoms with Gasteiger partial charge >= 0.3 is 11.7 Å². The molecule has 3 atom stereocenters. The van der Waals surface area contributed by atoms with E-state index in [0.717, 1.165) is 12.8 Å². The number of ether oxygens (including phenoxy) is 1. The van der Waals surface area contributed by atoms with Crippen molar-refractivity contribution in [1.29, 1.82) is 0 Å². The summed E-state index contributed by atoms with van der Waals surface area (Å²) < 4.78 is 8.34. The van der Waals surface area contributed by atoms with Gasteiger partial charge in [0.1, 0.15) is 12.6 Å². The maximum Gasteiger partial charge on any atom is 0.350 e. The van der Waals surface area contributed by atoms with Gasteiger partial charge in [-0.25, -0.2) is 9.48 Å². The largest absolute Gasteiger partial charge is 0.461 e. The van der Waals surface area contributed by atoms with Gasteiger partial charge in [-0.15, -0.1) is 5.10 Å². The lowest BCUT2D eigenvalue weighted by Crippen LogP contribution is -2.37. The summed E-state index contributed by atoms with van der Waals surface area (Å²) >= 11 is 0. The number of hydrogen-bond acceptors (Lipinski definition) is 4. The van der Waals surface area contributed by atoms with E-state index in [0.29, 0.717) is 23.4 Å². The average molecular weight is 331 g/mol. The normalized spacial score (nSPS) is 24.4. The van der Waals surface area contributed by atoms with E-state index in [9.17, 15) is 9.59 Å². The molecule has 0 saturated heterocycles. The molecule has 2 aromatic heterocycles. The monoisotopic (exact) mass is 331 g/mol. The highest BCUT2D eigenvalue weighted by Gasteiger charge is 2.33. The van der Waals surface area contributed by atoms with E-state index < -0.39 is 0 Å². The highest BCUT2D eigenvalue weighted by Crippen LogP contribution is 2.35. The van der Waals surface area contributed by atoms with Gasteiger partial charge in [0.15, 0.2) is 5.65 Å². The molecule has 1 saturated carbocycles. The highest BCUT2D eigenvalue weighted by molar-refractivity contribution is 5.69. The average Bonchev–Trinajstić information content (AvgIpc) is 2.83. The van der Waals surface area contributed by atoms with E-state index in [1.165, 1.54) is 15.5 Å². The molecular formula is C18H25N3O3. The van der Waals surface area contributed by atoms with Crippen molar-refractivity contribution in [2.75, 3.05) is 0 Å². The van der Waals surface area contributed by atoms with Crippen molar-refractivity contribution in [3.63, 3.8) is 0 Å². The molecule has 3 rings (SSSR count). The topological polar surface area (TPSA) is 65.6 Å². The summed E-state index contributed by atoms with van der Waals surface area (Å²) in [4.78, 5) is 24.6. The second-order valence-corrected chi connectivity index (χ2v) is 7.22. The number of carbonyl (C=O) groups is 1. The first-order valence-electron chi connectivity index (χ1n) is 8.69. The third kappa shape index (κ3) is 3.37. The number of esters is 1. The Labute approximate surface area is 141 Å². The zero-order chi connectivity index (χ0) is 17.3. The van der Waals surface area contributed by atoms with Gasteiger partial charge in [-0.05, 0) is 42.7 Å². The summed E-state index contributed by atoms with van der Waals surface area (Å²) in [6.07, 6.45) is 4.75. The molecule has 0 unspecified atom stereocenters. The molecule has 6 heteroatoms. The molecule has 6 nitrogen and oxygen atoms in total. The molecule has 2 aromatic rings. The van der Waals surface area contributed by atoms with Crippen molar-refractivity contribution in [1.82, 2.24) is 14.2 Å². The van der Waals surface area contributed by atoms with Gasteiger partial charge in [0.25, 0.3) is 0 Å². The van der Waals surface area contributed by atoms with Crippen molar-refractivity contribution < 1.29 is 9.53 Å². The van der Waals surface area contributed by atoms with Crippen molar-refractivity contribution in [3.8, 4) is 0 Å². The van der Waals surface area contributed by atoms with Crippen LogP contribution >= 0.6 is 0 Å². The maximum atomic E-state index is 12.4. The second-order valence-electron chi connectivity index (χ2n) is 7.22. The van der Waals surface area contributed by atoms with Crippen LogP contribution in [0.5, 0.6) is 0 Å². The quantitative estimate of drug-likeness (QED) is 0.808. The smallest absolute Gasteiger partial charge is 0.350 e. The Hall–Kier alpha value is -2.11. The number of carbonyl (C=O) groups excluding carboxylic acids is 1. The third-order valence-electron chi connectivity index (χ3n) is 5.01. The molecular weight excluding hydrogens is 306 g/mol. The molecule has 0 radical (unpaired) electrons. The van der Waals surface area contributed by atoms with E-state index in [1.54, 1.807) is 24.4 Å². The standard InChI is InChI=1S/C18H25N3O3/c1-12(2)14-8-7-13(3)10-15(14)24-17(22)11-21-18(23)20-9-5-4-6-16(20)19-21/h4-6,9,12-15H,7-8,10-11H2,1-3H3/t13-,14-,15+/m1/s1. The van der Waals surface area contributed by atoms with Crippen LogP contribution in [-0.4, -0.2) is 26.3 Å². The Bertz CT molecular complexity index is 777. The van der Waals surface area contributed by atoms with Gasteiger partial charge in [-0.1, -0.05) is 33.3 Å². The highest BCUT2D eigenvalue weighted by atomic mass is 16.5. The molecule has 2 heterocycles. The Balaban J connectivity index is 1.72. The minimum Gasteiger partial charge on any atom is -0.461 e. The molecule has 0 spiro atoms. The summed E-state index contributed by atoms with van der Waals surface area (Å²) in [6.45, 7) is 6.41. The summed E-state index contributed by atoms with van der Waals surface area (Å²) in [6, 6.07) is 5.30. The summed E-state index contributed by atoms with van der Waals surface area (Å²) in [5.74, 6) is 1.05. The predicted molar refractivity (Wildman–Crippen MR) is 90.7 cm³/mol. The first-order chi connectivity index (χ1) is 11.5. The van der Waals surface area contributed by atoms with Crippen molar-refractivity contribution >= 4 is 11.6 Å². The van der Waals surface area contributed by atoms with Crippen LogP contribution < -0.4 is 5.69 Å². The number of rotatable bonds is 4. The van der Waals surface area contributed by atoms with Gasteiger partial charge in [-0.2, -0.15) is 0 Å². The molecule has 24 heavy (non-hydrogen) atoms. The van der Waals surface area contributed by atoms with Crippen LogP contribution in [0.1, 0.15) is 40.0 Å². The summed E-state index contributed by atoms with van der Waals surface area (Å²) in [7, 11) is 0. The van der Waals surface area contributed by atoms with Crippen LogP contribution in [0.4, 0.5) is 0 Å². The molecule has 0 aromatic carbocycles. The Kier molecular flexibility index (Phi) is 4.73. The number of nitrogens with zero attached hydrogens (tertiary/aromatic N) is 3. The van der Waals surface area contributed by atoms with Gasteiger partial charge < -0.3 is 4.74 Å². The van der Waals surface area contributed by atoms with Crippen molar-refractivity contribution in [2.24, 2.45) is 17.8 Å². The fraction of sp³-hybridized carbons (Fsp3) is 0.611. The van der Waals surface area contributed by atoms with E-state index >= 15 is 0 Å². The lowest BCUT2D eigenvalue weighted by molar-refractivity contribution is -0.156. The third-order valence-corrected chi connectivity index (χ3v) is 5.01. The van der Waals surface area contributed by atoms with Crippen molar-refractivity contribution in [3.05, 3.63) is 34.9 Å². The number of hydrogen-bond donors (Lipinski definition) is 0. The second kappa shape index (κ2) is 6.79. The van der Waals surface area contributed by atoms with E-state index in [-0.39, 0.29) is 24.3 Å². The van der Waals surface area contributed by atoms with Crippen LogP contribution in [-0.2, 0) is 16.1 Å². The van der Waals surface area contributed by atoms with E-state index in [2.05, 4.69) is 25.9 Å². The number of fused-ring (bicyclic) bond motifs is 1. The number of aromatic nitrogens is 3. The lowest BCUT2D eigenvalue weighted by atomic mass is 9.75. The predicted octanol–water partition coefficient (Wildman–Crippen LogP) is 2.50. The Morgan fingerprint density at radius 1 is 1.38 bits per heavy atom. The van der Waals surface area contributed by atoms with E-state index in [1.807, 2.05) is 0 Å². The molecule has 0 bridgehead atoms. The SMILES string of the molecule is CC(C)[C@H]1CC[C@@H](C)C[C@@H]1OC(=O)Cn1nc2ccccn2c1=O.